The first-order valence-electron chi connectivity index (χ1n) is 6.61. The highest BCUT2D eigenvalue weighted by atomic mass is 15.2. The number of benzene rings is 1. The number of hydrogen-bond acceptors (Lipinski definition) is 4. The van der Waals surface area contributed by atoms with Crippen LogP contribution in [0.3, 0.4) is 0 Å². The molecule has 0 fully saturated rings. The predicted octanol–water partition coefficient (Wildman–Crippen LogP) is 3.25. The molecule has 0 amide bonds. The maximum atomic E-state index is 4.27. The van der Waals surface area contributed by atoms with Crippen molar-refractivity contribution in [2.75, 3.05) is 5.32 Å². The van der Waals surface area contributed by atoms with Gasteiger partial charge in [0.15, 0.2) is 5.82 Å². The summed E-state index contributed by atoms with van der Waals surface area (Å²) in [5.41, 5.74) is 3.34. The van der Waals surface area contributed by atoms with Gasteiger partial charge in [-0.1, -0.05) is 24.3 Å². The Balaban J connectivity index is 1.92. The Kier molecular flexibility index (Phi) is 3.29. The third-order valence-electron chi connectivity index (χ3n) is 3.45. The van der Waals surface area contributed by atoms with Gasteiger partial charge in [-0.05, 0) is 31.0 Å². The van der Waals surface area contributed by atoms with Crippen LogP contribution in [0, 0.1) is 13.8 Å². The number of anilines is 1. The highest BCUT2D eigenvalue weighted by Crippen LogP contribution is 2.22. The van der Waals surface area contributed by atoms with Gasteiger partial charge in [0.05, 0.1) is 5.69 Å². The number of aromatic nitrogens is 3. The Hall–Kier alpha value is -2.49. The van der Waals surface area contributed by atoms with Crippen molar-refractivity contribution in [1.29, 1.82) is 0 Å². The minimum absolute atomic E-state index is 0.718. The normalized spacial score (nSPS) is 10.7. The number of nitrogens with zero attached hydrogens (tertiary/aromatic N) is 3. The van der Waals surface area contributed by atoms with Gasteiger partial charge in [0.25, 0.3) is 0 Å². The highest BCUT2D eigenvalue weighted by Gasteiger charge is 2.06. The zero-order chi connectivity index (χ0) is 13.9. The van der Waals surface area contributed by atoms with Crippen molar-refractivity contribution in [2.45, 2.75) is 20.4 Å². The molecule has 0 aliphatic carbocycles. The molecular weight excluding hydrogens is 248 g/mol. The van der Waals surface area contributed by atoms with Crippen molar-refractivity contribution in [3.63, 3.8) is 0 Å². The molecule has 4 nitrogen and oxygen atoms in total. The van der Waals surface area contributed by atoms with Gasteiger partial charge in [0, 0.05) is 29.7 Å². The van der Waals surface area contributed by atoms with Crippen molar-refractivity contribution >= 4 is 16.6 Å². The molecule has 0 spiro atoms. The molecule has 0 aliphatic rings. The summed E-state index contributed by atoms with van der Waals surface area (Å²) in [5.74, 6) is 0.822. The summed E-state index contributed by atoms with van der Waals surface area (Å²) in [4.78, 5) is 4.11. The lowest BCUT2D eigenvalue weighted by Crippen LogP contribution is -2.05. The van der Waals surface area contributed by atoms with Crippen LogP contribution in [0.15, 0.2) is 42.7 Å². The molecule has 2 heterocycles. The highest BCUT2D eigenvalue weighted by molar-refractivity contribution is 5.92. The molecule has 20 heavy (non-hydrogen) atoms. The fourth-order valence-electron chi connectivity index (χ4n) is 2.25. The Morgan fingerprint density at radius 2 is 1.80 bits per heavy atom. The fourth-order valence-corrected chi connectivity index (χ4v) is 2.25. The van der Waals surface area contributed by atoms with Crippen LogP contribution in [0.1, 0.15) is 16.8 Å². The van der Waals surface area contributed by atoms with E-state index in [1.54, 1.807) is 0 Å². The van der Waals surface area contributed by atoms with E-state index < -0.39 is 0 Å². The molecule has 1 N–H and O–H groups in total. The molecule has 0 atom stereocenters. The van der Waals surface area contributed by atoms with Gasteiger partial charge in [-0.25, -0.2) is 0 Å². The number of nitrogens with one attached hydrogen (secondary N) is 1. The van der Waals surface area contributed by atoms with Crippen LogP contribution in [-0.4, -0.2) is 15.2 Å². The summed E-state index contributed by atoms with van der Waals surface area (Å²) >= 11 is 0. The molecule has 4 heteroatoms. The monoisotopic (exact) mass is 264 g/mol. The molecule has 0 radical (unpaired) electrons. The second-order valence-corrected chi connectivity index (χ2v) is 4.84. The SMILES string of the molecule is Cc1cnccc1CNc1nnc(C)c2ccccc12. The molecule has 0 saturated carbocycles. The van der Waals surface area contributed by atoms with Gasteiger partial charge in [-0.15, -0.1) is 5.10 Å². The zero-order valence-electron chi connectivity index (χ0n) is 11.6. The standard InChI is InChI=1S/C16H16N4/c1-11-9-17-8-7-13(11)10-18-16-15-6-4-3-5-14(15)12(2)19-20-16/h3-9H,10H2,1-2H3,(H,18,20). The summed E-state index contributed by atoms with van der Waals surface area (Å²) in [6, 6.07) is 10.2. The van der Waals surface area contributed by atoms with Crippen molar-refractivity contribution < 1.29 is 0 Å². The van der Waals surface area contributed by atoms with Crippen LogP contribution in [0.25, 0.3) is 10.8 Å². The van der Waals surface area contributed by atoms with Gasteiger partial charge in [-0.3, -0.25) is 4.98 Å². The summed E-state index contributed by atoms with van der Waals surface area (Å²) in [7, 11) is 0. The smallest absolute Gasteiger partial charge is 0.156 e. The lowest BCUT2D eigenvalue weighted by molar-refractivity contribution is 0.978. The first-order valence-corrected chi connectivity index (χ1v) is 6.61. The quantitative estimate of drug-likeness (QED) is 0.789. The van der Waals surface area contributed by atoms with Crippen LogP contribution in [0.4, 0.5) is 5.82 Å². The molecule has 0 unspecified atom stereocenters. The van der Waals surface area contributed by atoms with Gasteiger partial charge in [-0.2, -0.15) is 5.10 Å². The first-order chi connectivity index (χ1) is 9.75. The number of fused-ring (bicyclic) bond motifs is 1. The van der Waals surface area contributed by atoms with Crippen molar-refractivity contribution in [2.24, 2.45) is 0 Å². The van der Waals surface area contributed by atoms with E-state index in [0.717, 1.165) is 28.8 Å². The number of aryl methyl sites for hydroxylation is 2. The summed E-state index contributed by atoms with van der Waals surface area (Å²) in [6.07, 6.45) is 3.68. The van der Waals surface area contributed by atoms with Crippen LogP contribution in [-0.2, 0) is 6.54 Å². The topological polar surface area (TPSA) is 50.7 Å². The van der Waals surface area contributed by atoms with E-state index in [-0.39, 0.29) is 0 Å². The Labute approximate surface area is 117 Å². The molecule has 0 aliphatic heterocycles. The van der Waals surface area contributed by atoms with Gasteiger partial charge in [0.2, 0.25) is 0 Å². The maximum Gasteiger partial charge on any atom is 0.156 e. The lowest BCUT2D eigenvalue weighted by atomic mass is 10.1. The molecular formula is C16H16N4. The van der Waals surface area contributed by atoms with E-state index in [0.29, 0.717) is 0 Å². The van der Waals surface area contributed by atoms with E-state index in [1.807, 2.05) is 37.5 Å². The minimum Gasteiger partial charge on any atom is -0.364 e. The van der Waals surface area contributed by atoms with E-state index in [1.165, 1.54) is 11.1 Å². The van der Waals surface area contributed by atoms with E-state index in [2.05, 4.69) is 39.6 Å². The van der Waals surface area contributed by atoms with Gasteiger partial charge in [0.1, 0.15) is 0 Å². The fraction of sp³-hybridized carbons (Fsp3) is 0.188. The second kappa shape index (κ2) is 5.25. The Morgan fingerprint density at radius 3 is 2.60 bits per heavy atom. The number of hydrogen-bond donors (Lipinski definition) is 1. The van der Waals surface area contributed by atoms with Crippen LogP contribution in [0.2, 0.25) is 0 Å². The Bertz CT molecular complexity index is 752. The Morgan fingerprint density at radius 1 is 1.00 bits per heavy atom. The predicted molar refractivity (Wildman–Crippen MR) is 80.6 cm³/mol. The molecule has 1 aromatic carbocycles. The summed E-state index contributed by atoms with van der Waals surface area (Å²) < 4.78 is 0. The van der Waals surface area contributed by atoms with E-state index in [9.17, 15) is 0 Å². The van der Waals surface area contributed by atoms with Gasteiger partial charge < -0.3 is 5.32 Å². The largest absolute Gasteiger partial charge is 0.364 e. The molecule has 0 bridgehead atoms. The number of rotatable bonds is 3. The average Bonchev–Trinajstić information content (AvgIpc) is 2.48. The summed E-state index contributed by atoms with van der Waals surface area (Å²) in [6.45, 7) is 4.76. The van der Waals surface area contributed by atoms with Crippen molar-refractivity contribution in [3.8, 4) is 0 Å². The average molecular weight is 264 g/mol. The third kappa shape index (κ3) is 2.32. The van der Waals surface area contributed by atoms with Crippen molar-refractivity contribution in [1.82, 2.24) is 15.2 Å². The second-order valence-electron chi connectivity index (χ2n) is 4.84. The first kappa shape index (κ1) is 12.5. The third-order valence-corrected chi connectivity index (χ3v) is 3.45. The van der Waals surface area contributed by atoms with E-state index in [4.69, 9.17) is 0 Å². The van der Waals surface area contributed by atoms with E-state index >= 15 is 0 Å². The molecule has 0 saturated heterocycles. The van der Waals surface area contributed by atoms with Crippen LogP contribution >= 0.6 is 0 Å². The van der Waals surface area contributed by atoms with Gasteiger partial charge >= 0.3 is 0 Å². The zero-order valence-corrected chi connectivity index (χ0v) is 11.6. The molecule has 3 aromatic rings. The van der Waals surface area contributed by atoms with Crippen molar-refractivity contribution in [3.05, 3.63) is 59.5 Å². The maximum absolute atomic E-state index is 4.27. The summed E-state index contributed by atoms with van der Waals surface area (Å²) in [5, 5.41) is 14.1. The van der Waals surface area contributed by atoms with Crippen LogP contribution < -0.4 is 5.32 Å². The minimum atomic E-state index is 0.718. The van der Waals surface area contributed by atoms with Crippen LogP contribution in [0.5, 0.6) is 0 Å². The lowest BCUT2D eigenvalue weighted by Gasteiger charge is -2.10. The molecule has 100 valence electrons. The number of pyridine rings is 1. The molecule has 2 aromatic heterocycles. The molecule has 3 rings (SSSR count).